The Hall–Kier alpha value is 0.599. The summed E-state index contributed by atoms with van der Waals surface area (Å²) in [6, 6.07) is 0. The third-order valence-corrected chi connectivity index (χ3v) is 0. The molecular formula is H8FeN2O7S3. The largest absolute Gasteiger partial charge is 2.00 e. The average molecular weight is 300 g/mol. The van der Waals surface area contributed by atoms with E-state index in [2.05, 4.69) is 11.2 Å². The maximum Gasteiger partial charge on any atom is 2.00 e. The van der Waals surface area contributed by atoms with Gasteiger partial charge in [-0.05, 0) is 11.2 Å². The van der Waals surface area contributed by atoms with Crippen LogP contribution in [0.2, 0.25) is 0 Å². The van der Waals surface area contributed by atoms with Crippen LogP contribution in [-0.2, 0) is 47.7 Å². The van der Waals surface area contributed by atoms with Crippen molar-refractivity contribution in [2.45, 2.75) is 0 Å². The van der Waals surface area contributed by atoms with Crippen molar-refractivity contribution in [2.75, 3.05) is 0 Å². The minimum absolute atomic E-state index is 0. The van der Waals surface area contributed by atoms with Gasteiger partial charge >= 0.3 is 17.1 Å². The molecule has 0 unspecified atom stereocenters. The Balaban J connectivity index is -0.0000000267. The van der Waals surface area contributed by atoms with E-state index >= 15 is 0 Å². The summed E-state index contributed by atoms with van der Waals surface area (Å²) >= 11 is 3.24. The summed E-state index contributed by atoms with van der Waals surface area (Å²) in [5.74, 6) is 0. The molecule has 13 heteroatoms. The van der Waals surface area contributed by atoms with Crippen molar-refractivity contribution in [3.05, 3.63) is 0 Å². The quantitative estimate of drug-likeness (QED) is 0.301. The molecule has 0 aliphatic carbocycles. The fourth-order valence-electron chi connectivity index (χ4n) is 0. The Morgan fingerprint density at radius 2 is 0.846 bits per heavy atom. The van der Waals surface area contributed by atoms with Gasteiger partial charge in [0.2, 0.25) is 0 Å². The van der Waals surface area contributed by atoms with Crippen molar-refractivity contribution < 1.29 is 47.9 Å². The van der Waals surface area contributed by atoms with Gasteiger partial charge < -0.3 is 30.5 Å². The van der Waals surface area contributed by atoms with Crippen molar-refractivity contribution in [3.63, 3.8) is 0 Å². The maximum absolute atomic E-state index is 8.89. The van der Waals surface area contributed by atoms with Crippen LogP contribution in [0.25, 0.3) is 0 Å². The summed E-state index contributed by atoms with van der Waals surface area (Å²) in [7, 11) is -9.50. The molecule has 0 bridgehead atoms. The summed E-state index contributed by atoms with van der Waals surface area (Å²) in [4.78, 5) is 0. The molecule has 0 aliphatic rings. The van der Waals surface area contributed by atoms with E-state index in [-0.39, 0.29) is 29.4 Å². The first-order valence-electron chi connectivity index (χ1n) is 1.33. The van der Waals surface area contributed by atoms with E-state index in [0.717, 1.165) is 0 Å². The van der Waals surface area contributed by atoms with E-state index in [1.54, 1.807) is 0 Å². The van der Waals surface area contributed by atoms with Crippen LogP contribution < -0.4 is 12.3 Å². The average Bonchev–Trinajstić information content (AvgIpc) is 1.12. The second kappa shape index (κ2) is 10.7. The molecular weight excluding hydrogens is 292 g/mol. The normalized spacial score (nSPS) is 8.92. The predicted octanol–water partition coefficient (Wildman–Crippen LogP) is -1.59. The summed E-state index contributed by atoms with van der Waals surface area (Å²) in [5.41, 5.74) is 0. The third-order valence-electron chi connectivity index (χ3n) is 0. The zero-order chi connectivity index (χ0) is 9.00. The summed E-state index contributed by atoms with van der Waals surface area (Å²) in [6.07, 6.45) is 0. The van der Waals surface area contributed by atoms with E-state index in [4.69, 9.17) is 30.8 Å². The van der Waals surface area contributed by atoms with Crippen molar-refractivity contribution in [2.24, 2.45) is 0 Å². The molecule has 0 rings (SSSR count). The molecule has 0 radical (unpaired) electrons. The van der Waals surface area contributed by atoms with Gasteiger partial charge in [0.05, 0.1) is 0 Å². The molecule has 0 aliphatic heterocycles. The van der Waals surface area contributed by atoms with Gasteiger partial charge in [-0.3, -0.25) is 12.6 Å². The Kier molecular flexibility index (Phi) is 24.0. The molecule has 0 atom stereocenters. The van der Waals surface area contributed by atoms with Crippen molar-refractivity contribution in [1.29, 1.82) is 0 Å². The van der Waals surface area contributed by atoms with Gasteiger partial charge in [0.15, 0.2) is 0 Å². The monoisotopic (exact) mass is 300 g/mol. The fraction of sp³-hybridized carbons (Fsp3) is 0. The van der Waals surface area contributed by atoms with Gasteiger partial charge in [0.1, 0.15) is 0 Å². The smallest absolute Gasteiger partial charge is 0.780 e. The molecule has 0 heterocycles. The predicted molar refractivity (Wildman–Crippen MR) is 39.5 cm³/mol. The van der Waals surface area contributed by atoms with Crippen LogP contribution in [0.5, 0.6) is 0 Å². The molecule has 86 valence electrons. The topological polar surface area (TPSA) is 216 Å². The molecule has 0 aromatic carbocycles. The molecule has 0 aromatic heterocycles. The van der Waals surface area contributed by atoms with E-state index in [1.165, 1.54) is 0 Å². The van der Waals surface area contributed by atoms with Gasteiger partial charge in [-0.2, -0.15) is 0 Å². The fourth-order valence-corrected chi connectivity index (χ4v) is 0. The first kappa shape index (κ1) is 29.2. The van der Waals surface area contributed by atoms with Crippen LogP contribution in [0, 0.1) is 0 Å². The van der Waals surface area contributed by atoms with E-state index in [9.17, 15) is 0 Å². The molecule has 0 saturated carbocycles. The minimum atomic E-state index is -5.17. The third kappa shape index (κ3) is 3940. The van der Waals surface area contributed by atoms with Gasteiger partial charge in [-0.15, -0.1) is 9.05 Å². The van der Waals surface area contributed by atoms with E-state index in [0.29, 0.717) is 0 Å². The van der Waals surface area contributed by atoms with Gasteiger partial charge in [-0.25, -0.2) is 0 Å². The first-order chi connectivity index (χ1) is 4.00. The zero-order valence-electron chi connectivity index (χ0n) is 6.44. The van der Waals surface area contributed by atoms with Crippen LogP contribution >= 0.6 is 0 Å². The number of hydrogen-bond donors (Lipinski definition) is 2. The van der Waals surface area contributed by atoms with Crippen LogP contribution in [0.3, 0.4) is 0 Å². The minimum Gasteiger partial charge on any atom is -0.780 e. The van der Waals surface area contributed by atoms with Gasteiger partial charge in [0.25, 0.3) is 0 Å². The molecule has 0 fully saturated rings. The molecule has 8 N–H and O–H groups in total. The molecule has 9 nitrogen and oxygen atoms in total. The zero-order valence-corrected chi connectivity index (χ0v) is 9.99. The van der Waals surface area contributed by atoms with Crippen LogP contribution in [0.15, 0.2) is 0 Å². The summed E-state index contributed by atoms with van der Waals surface area (Å²) in [6.45, 7) is 0. The van der Waals surface area contributed by atoms with Crippen LogP contribution in [-0.4, -0.2) is 30.8 Å². The number of rotatable bonds is 0. The Morgan fingerprint density at radius 3 is 0.846 bits per heavy atom. The van der Waals surface area contributed by atoms with Crippen LogP contribution in [0.1, 0.15) is 0 Å². The Morgan fingerprint density at radius 1 is 0.846 bits per heavy atom. The first-order valence-corrected chi connectivity index (χ1v) is 5.00. The second-order valence-electron chi connectivity index (χ2n) is 0.816. The van der Waals surface area contributed by atoms with E-state index in [1.807, 2.05) is 0 Å². The van der Waals surface area contributed by atoms with Crippen LogP contribution in [0.4, 0.5) is 0 Å². The van der Waals surface area contributed by atoms with Gasteiger partial charge in [-0.1, -0.05) is 0 Å². The van der Waals surface area contributed by atoms with E-state index < -0.39 is 19.5 Å². The summed E-state index contributed by atoms with van der Waals surface area (Å²) < 4.78 is 60.8. The standard InChI is InChI=1S/Fe.2H3N.H2O4S.H2O3S2/c;;;2*1-5(2,3)4/h;2*1H3;2*(H2,1,2,3,4)/q+2;;;;/p-2. The van der Waals surface area contributed by atoms with Crippen molar-refractivity contribution >= 4 is 30.6 Å². The SMILES string of the molecule is O=S(=O)([O-])[O-].O=S([O-])([O-])=S.[Fe+2].[NH4+].[NH4+]. The number of quaternary nitrogens is 2. The molecule has 0 amide bonds. The van der Waals surface area contributed by atoms with Gasteiger partial charge in [0, 0.05) is 10.4 Å². The molecule has 0 saturated heterocycles. The Labute approximate surface area is 90.8 Å². The maximum atomic E-state index is 8.89. The Bertz CT molecular complexity index is 218. The molecule has 0 aromatic rings. The summed E-state index contributed by atoms with van der Waals surface area (Å²) in [5, 5.41) is 0. The second-order valence-corrected chi connectivity index (χ2v) is 3.67. The van der Waals surface area contributed by atoms with Crippen molar-refractivity contribution in [3.8, 4) is 0 Å². The number of hydrogen-bond acceptors (Lipinski definition) is 8. The molecule has 0 spiro atoms. The van der Waals surface area contributed by atoms with Crippen molar-refractivity contribution in [1.82, 2.24) is 12.3 Å². The molecule has 13 heavy (non-hydrogen) atoms.